The lowest BCUT2D eigenvalue weighted by Crippen LogP contribution is -2.38. The van der Waals surface area contributed by atoms with Crippen molar-refractivity contribution in [3.63, 3.8) is 0 Å². The van der Waals surface area contributed by atoms with Gasteiger partial charge in [0.05, 0.1) is 5.69 Å². The van der Waals surface area contributed by atoms with Gasteiger partial charge in [0.15, 0.2) is 0 Å². The van der Waals surface area contributed by atoms with E-state index < -0.39 is 0 Å². The molecule has 0 amide bonds. The highest BCUT2D eigenvalue weighted by Gasteiger charge is 2.22. The number of nitrogens with zero attached hydrogens (tertiary/aromatic N) is 5. The highest BCUT2D eigenvalue weighted by atomic mass is 16.5. The molecular weight excluding hydrogens is 290 g/mol. The Kier molecular flexibility index (Phi) is 4.91. The van der Waals surface area contributed by atoms with Gasteiger partial charge in [-0.25, -0.2) is 9.97 Å². The number of aromatic nitrogens is 4. The first-order chi connectivity index (χ1) is 11.1. The molecule has 3 heterocycles. The Balaban J connectivity index is 1.47. The van der Waals surface area contributed by atoms with Crippen molar-refractivity contribution in [2.24, 2.45) is 0 Å². The molecule has 0 radical (unpaired) electrons. The van der Waals surface area contributed by atoms with Crippen LogP contribution >= 0.6 is 0 Å². The van der Waals surface area contributed by atoms with E-state index in [9.17, 15) is 0 Å². The number of piperidine rings is 1. The van der Waals surface area contributed by atoms with Crippen LogP contribution in [0.5, 0.6) is 6.01 Å². The Labute approximate surface area is 137 Å². The molecule has 23 heavy (non-hydrogen) atoms. The fourth-order valence-electron chi connectivity index (χ4n) is 2.75. The van der Waals surface area contributed by atoms with E-state index in [0.29, 0.717) is 12.1 Å². The van der Waals surface area contributed by atoms with Crippen molar-refractivity contribution in [2.75, 3.05) is 13.1 Å². The van der Waals surface area contributed by atoms with Gasteiger partial charge in [-0.2, -0.15) is 5.10 Å². The third kappa shape index (κ3) is 4.28. The monoisotopic (exact) mass is 315 g/mol. The van der Waals surface area contributed by atoms with Crippen LogP contribution in [-0.2, 0) is 6.54 Å². The summed E-state index contributed by atoms with van der Waals surface area (Å²) in [6.45, 7) is 9.21. The lowest BCUT2D eigenvalue weighted by Gasteiger charge is -2.31. The molecule has 0 aliphatic carbocycles. The van der Waals surface area contributed by atoms with Crippen LogP contribution in [0.2, 0.25) is 0 Å². The van der Waals surface area contributed by atoms with Gasteiger partial charge in [-0.15, -0.1) is 0 Å². The highest BCUT2D eigenvalue weighted by Crippen LogP contribution is 2.17. The number of hydrogen-bond acceptors (Lipinski definition) is 5. The van der Waals surface area contributed by atoms with E-state index in [1.807, 2.05) is 11.6 Å². The predicted molar refractivity (Wildman–Crippen MR) is 88.3 cm³/mol. The summed E-state index contributed by atoms with van der Waals surface area (Å²) in [6, 6.07) is 3.02. The number of hydrogen-bond donors (Lipinski definition) is 0. The van der Waals surface area contributed by atoms with Gasteiger partial charge >= 0.3 is 6.01 Å². The normalized spacial score (nSPS) is 16.9. The first-order valence-corrected chi connectivity index (χ1v) is 8.32. The first kappa shape index (κ1) is 15.9. The molecule has 0 aromatic carbocycles. The second kappa shape index (κ2) is 7.08. The number of aryl methyl sites for hydroxylation is 1. The van der Waals surface area contributed by atoms with Crippen molar-refractivity contribution >= 4 is 0 Å². The van der Waals surface area contributed by atoms with E-state index in [4.69, 9.17) is 4.74 Å². The maximum absolute atomic E-state index is 5.88. The van der Waals surface area contributed by atoms with E-state index in [-0.39, 0.29) is 6.10 Å². The van der Waals surface area contributed by atoms with Crippen LogP contribution in [0.25, 0.3) is 0 Å². The molecular formula is C17H25N5O. The molecule has 1 saturated heterocycles. The van der Waals surface area contributed by atoms with Crippen molar-refractivity contribution in [1.82, 2.24) is 24.6 Å². The molecule has 1 fully saturated rings. The number of rotatable bonds is 5. The molecule has 2 aromatic heterocycles. The summed E-state index contributed by atoms with van der Waals surface area (Å²) in [7, 11) is 0. The fourth-order valence-corrected chi connectivity index (χ4v) is 2.75. The molecule has 6 nitrogen and oxygen atoms in total. The summed E-state index contributed by atoms with van der Waals surface area (Å²) < 4.78 is 7.89. The molecule has 0 spiro atoms. The minimum Gasteiger partial charge on any atom is -0.460 e. The van der Waals surface area contributed by atoms with Crippen molar-refractivity contribution in [2.45, 2.75) is 52.3 Å². The Bertz CT molecular complexity index is 614. The van der Waals surface area contributed by atoms with Gasteiger partial charge in [-0.1, -0.05) is 0 Å². The molecule has 0 atom stereocenters. The van der Waals surface area contributed by atoms with Gasteiger partial charge in [0.2, 0.25) is 0 Å². The lowest BCUT2D eigenvalue weighted by molar-refractivity contribution is 0.0884. The van der Waals surface area contributed by atoms with Gasteiger partial charge < -0.3 is 4.74 Å². The van der Waals surface area contributed by atoms with E-state index in [0.717, 1.165) is 43.7 Å². The van der Waals surface area contributed by atoms with E-state index >= 15 is 0 Å². The molecule has 0 unspecified atom stereocenters. The van der Waals surface area contributed by atoms with Crippen LogP contribution in [0.3, 0.4) is 0 Å². The SMILES string of the molecule is Cc1cnc(OC2CCN(Cc3ccn(C(C)C)n3)CC2)nc1. The third-order valence-corrected chi connectivity index (χ3v) is 4.14. The lowest BCUT2D eigenvalue weighted by atomic mass is 10.1. The van der Waals surface area contributed by atoms with Crippen LogP contribution in [0.15, 0.2) is 24.7 Å². The Morgan fingerprint density at radius 1 is 1.22 bits per heavy atom. The second-order valence-electron chi connectivity index (χ2n) is 6.52. The van der Waals surface area contributed by atoms with Gasteiger partial charge in [0, 0.05) is 44.3 Å². The van der Waals surface area contributed by atoms with Crippen LogP contribution in [0.4, 0.5) is 0 Å². The summed E-state index contributed by atoms with van der Waals surface area (Å²) in [5, 5.41) is 4.62. The predicted octanol–water partition coefficient (Wildman–Crippen LogP) is 2.61. The van der Waals surface area contributed by atoms with E-state index in [2.05, 4.69) is 46.1 Å². The minimum absolute atomic E-state index is 0.210. The highest BCUT2D eigenvalue weighted by molar-refractivity contribution is 5.05. The average Bonchev–Trinajstić information content (AvgIpc) is 3.00. The van der Waals surface area contributed by atoms with Crippen LogP contribution in [-0.4, -0.2) is 43.8 Å². The fraction of sp³-hybridized carbons (Fsp3) is 0.588. The molecule has 0 bridgehead atoms. The zero-order chi connectivity index (χ0) is 16.2. The van der Waals surface area contributed by atoms with E-state index in [1.165, 1.54) is 0 Å². The topological polar surface area (TPSA) is 56.1 Å². The molecule has 1 aliphatic heterocycles. The summed E-state index contributed by atoms with van der Waals surface area (Å²) in [5.41, 5.74) is 2.19. The number of ether oxygens (including phenoxy) is 1. The van der Waals surface area contributed by atoms with Gasteiger partial charge in [-0.05, 0) is 45.2 Å². The molecule has 2 aromatic rings. The third-order valence-electron chi connectivity index (χ3n) is 4.14. The zero-order valence-corrected chi connectivity index (χ0v) is 14.1. The second-order valence-corrected chi connectivity index (χ2v) is 6.52. The largest absolute Gasteiger partial charge is 0.460 e. The summed E-state index contributed by atoms with van der Waals surface area (Å²) in [5.74, 6) is 0. The Morgan fingerprint density at radius 3 is 2.52 bits per heavy atom. The molecule has 3 rings (SSSR count). The van der Waals surface area contributed by atoms with Gasteiger partial charge in [-0.3, -0.25) is 9.58 Å². The van der Waals surface area contributed by atoms with Crippen molar-refractivity contribution in [3.05, 3.63) is 35.9 Å². The average molecular weight is 315 g/mol. The Hall–Kier alpha value is -1.95. The molecule has 0 saturated carbocycles. The van der Waals surface area contributed by atoms with Crippen LogP contribution < -0.4 is 4.74 Å². The molecule has 0 N–H and O–H groups in total. The maximum Gasteiger partial charge on any atom is 0.316 e. The molecule has 6 heteroatoms. The van der Waals surface area contributed by atoms with Crippen molar-refractivity contribution < 1.29 is 4.74 Å². The Morgan fingerprint density at radius 2 is 1.91 bits per heavy atom. The maximum atomic E-state index is 5.88. The number of likely N-dealkylation sites (tertiary alicyclic amines) is 1. The van der Waals surface area contributed by atoms with Crippen molar-refractivity contribution in [1.29, 1.82) is 0 Å². The van der Waals surface area contributed by atoms with Crippen molar-refractivity contribution in [3.8, 4) is 6.01 Å². The smallest absolute Gasteiger partial charge is 0.316 e. The zero-order valence-electron chi connectivity index (χ0n) is 14.1. The van der Waals surface area contributed by atoms with Gasteiger partial charge in [0.25, 0.3) is 0 Å². The van der Waals surface area contributed by atoms with E-state index in [1.54, 1.807) is 12.4 Å². The standard InChI is InChI=1S/C17H25N5O/c1-13(2)22-9-4-15(20-22)12-21-7-5-16(6-8-21)23-17-18-10-14(3)11-19-17/h4,9-11,13,16H,5-8,12H2,1-3H3. The molecule has 1 aliphatic rings. The quantitative estimate of drug-likeness (QED) is 0.849. The van der Waals surface area contributed by atoms with Crippen LogP contribution in [0.1, 0.15) is 44.0 Å². The van der Waals surface area contributed by atoms with Crippen LogP contribution in [0, 0.1) is 6.92 Å². The first-order valence-electron chi connectivity index (χ1n) is 8.32. The summed E-state index contributed by atoms with van der Waals surface area (Å²) in [6.07, 6.45) is 7.86. The summed E-state index contributed by atoms with van der Waals surface area (Å²) in [4.78, 5) is 10.9. The molecule has 124 valence electrons. The summed E-state index contributed by atoms with van der Waals surface area (Å²) >= 11 is 0. The minimum atomic E-state index is 0.210. The van der Waals surface area contributed by atoms with Gasteiger partial charge in [0.1, 0.15) is 6.10 Å².